The number of unbranched alkanes of at least 4 members (excludes halogenated alkanes) is 1. The van der Waals surface area contributed by atoms with Gasteiger partial charge in [-0.05, 0) is 86.0 Å². The Bertz CT molecular complexity index is 1050. The molecule has 0 saturated carbocycles. The molecule has 0 heterocycles. The quantitative estimate of drug-likeness (QED) is 0.183. The molecule has 3 heteroatoms. The van der Waals surface area contributed by atoms with Crippen LogP contribution in [0.25, 0.3) is 0 Å². The van der Waals surface area contributed by atoms with Crippen molar-refractivity contribution in [2.45, 2.75) is 105 Å². The summed E-state index contributed by atoms with van der Waals surface area (Å²) in [5.74, 6) is 0.848. The minimum Gasteiger partial charge on any atom is -0.299 e. The van der Waals surface area contributed by atoms with Gasteiger partial charge in [0.2, 0.25) is 0 Å². The first kappa shape index (κ1) is 29.0. The fourth-order valence-electron chi connectivity index (χ4n) is 6.40. The highest BCUT2D eigenvalue weighted by molar-refractivity contribution is 6.01. The van der Waals surface area contributed by atoms with Crippen molar-refractivity contribution in [1.82, 2.24) is 0 Å². The van der Waals surface area contributed by atoms with Gasteiger partial charge in [0, 0.05) is 24.3 Å². The molecule has 37 heavy (non-hydrogen) atoms. The Morgan fingerprint density at radius 1 is 0.946 bits per heavy atom. The monoisotopic (exact) mass is 502 g/mol. The third kappa shape index (κ3) is 7.97. The standard InChI is InChI=1S/C34H46O3/c1-5-13-28(31(7-3)32(36)23-30(35)6-2)20-26-21-29-19-18-27(24(4)34(29)33(37)22-26)17-12-11-16-25-14-9-8-10-15-25/h8-10,14-15,18-19,26,28,31H,5-7,11-13,16-17,20-23H2,1-4H3. The van der Waals surface area contributed by atoms with Crippen molar-refractivity contribution < 1.29 is 14.4 Å². The molecule has 0 amide bonds. The lowest BCUT2D eigenvalue weighted by molar-refractivity contribution is -0.130. The van der Waals surface area contributed by atoms with Crippen LogP contribution in [-0.4, -0.2) is 17.3 Å². The Kier molecular flexibility index (Phi) is 11.3. The van der Waals surface area contributed by atoms with Crippen molar-refractivity contribution in [2.24, 2.45) is 17.8 Å². The van der Waals surface area contributed by atoms with Crippen LogP contribution < -0.4 is 0 Å². The number of carbonyl (C=O) groups is 3. The lowest BCUT2D eigenvalue weighted by atomic mass is 9.71. The Labute approximate surface area is 224 Å². The summed E-state index contributed by atoms with van der Waals surface area (Å²) in [4.78, 5) is 38.3. The Morgan fingerprint density at radius 3 is 2.35 bits per heavy atom. The van der Waals surface area contributed by atoms with E-state index < -0.39 is 0 Å². The van der Waals surface area contributed by atoms with E-state index in [2.05, 4.69) is 63.2 Å². The van der Waals surface area contributed by atoms with Gasteiger partial charge in [0.05, 0.1) is 6.42 Å². The summed E-state index contributed by atoms with van der Waals surface area (Å²) in [5, 5.41) is 0. The van der Waals surface area contributed by atoms with Crippen LogP contribution in [0.15, 0.2) is 42.5 Å². The molecule has 1 aliphatic carbocycles. The zero-order valence-corrected chi connectivity index (χ0v) is 23.5. The van der Waals surface area contributed by atoms with Crippen molar-refractivity contribution in [3.05, 3.63) is 70.3 Å². The molecule has 3 rings (SSSR count). The predicted octanol–water partition coefficient (Wildman–Crippen LogP) is 8.08. The van der Waals surface area contributed by atoms with Crippen LogP contribution in [0.4, 0.5) is 0 Å². The average Bonchev–Trinajstić information content (AvgIpc) is 2.88. The van der Waals surface area contributed by atoms with Crippen LogP contribution in [0.1, 0.15) is 111 Å². The fraction of sp³-hybridized carbons (Fsp3) is 0.559. The number of benzene rings is 2. The summed E-state index contributed by atoms with van der Waals surface area (Å²) in [7, 11) is 0. The SMILES string of the molecule is CCCC(CC1CC(=O)c2c(ccc(CCCCc3ccccc3)c2C)C1)C(CC)C(=O)CC(=O)CC. The number of rotatable bonds is 15. The highest BCUT2D eigenvalue weighted by atomic mass is 16.1. The summed E-state index contributed by atoms with van der Waals surface area (Å²) in [6, 6.07) is 15.1. The van der Waals surface area contributed by atoms with E-state index in [9.17, 15) is 14.4 Å². The lowest BCUT2D eigenvalue weighted by Crippen LogP contribution is -2.30. The zero-order valence-electron chi connectivity index (χ0n) is 23.5. The van der Waals surface area contributed by atoms with Gasteiger partial charge in [0.1, 0.15) is 11.6 Å². The first-order valence-electron chi connectivity index (χ1n) is 14.6. The number of Topliss-reactive ketones (excluding diaryl/α,β-unsaturated/α-hetero) is 3. The van der Waals surface area contributed by atoms with Gasteiger partial charge in [0.25, 0.3) is 0 Å². The molecule has 1 aliphatic rings. The van der Waals surface area contributed by atoms with Crippen LogP contribution in [0.5, 0.6) is 0 Å². The predicted molar refractivity (Wildman–Crippen MR) is 152 cm³/mol. The molecule has 0 radical (unpaired) electrons. The topological polar surface area (TPSA) is 51.2 Å². The molecule has 3 atom stereocenters. The van der Waals surface area contributed by atoms with E-state index >= 15 is 0 Å². The number of fused-ring (bicyclic) bond motifs is 1. The van der Waals surface area contributed by atoms with Crippen LogP contribution in [0, 0.1) is 24.7 Å². The molecule has 2 aromatic carbocycles. The third-order valence-electron chi connectivity index (χ3n) is 8.41. The average molecular weight is 503 g/mol. The van der Waals surface area contributed by atoms with E-state index in [-0.39, 0.29) is 41.5 Å². The van der Waals surface area contributed by atoms with Gasteiger partial charge in [-0.3, -0.25) is 14.4 Å². The van der Waals surface area contributed by atoms with Crippen molar-refractivity contribution in [3.8, 4) is 0 Å². The second-order valence-electron chi connectivity index (χ2n) is 11.1. The number of ketones is 3. The number of hydrogen-bond donors (Lipinski definition) is 0. The van der Waals surface area contributed by atoms with E-state index in [1.165, 1.54) is 22.3 Å². The van der Waals surface area contributed by atoms with E-state index in [0.717, 1.165) is 63.4 Å². The molecule has 0 fully saturated rings. The van der Waals surface area contributed by atoms with E-state index in [4.69, 9.17) is 0 Å². The summed E-state index contributed by atoms with van der Waals surface area (Å²) < 4.78 is 0. The number of hydrogen-bond acceptors (Lipinski definition) is 3. The molecule has 2 aromatic rings. The maximum atomic E-state index is 13.4. The van der Waals surface area contributed by atoms with Gasteiger partial charge < -0.3 is 0 Å². The summed E-state index contributed by atoms with van der Waals surface area (Å²) in [5.41, 5.74) is 6.00. The molecular formula is C34H46O3. The molecule has 0 aliphatic heterocycles. The van der Waals surface area contributed by atoms with Gasteiger partial charge in [-0.25, -0.2) is 0 Å². The molecule has 0 bridgehead atoms. The Morgan fingerprint density at radius 2 is 1.68 bits per heavy atom. The Hall–Kier alpha value is -2.55. The number of carbonyl (C=O) groups excluding carboxylic acids is 3. The number of aryl methyl sites for hydroxylation is 2. The smallest absolute Gasteiger partial charge is 0.163 e. The third-order valence-corrected chi connectivity index (χ3v) is 8.41. The molecule has 3 unspecified atom stereocenters. The lowest BCUT2D eigenvalue weighted by Gasteiger charge is -2.32. The van der Waals surface area contributed by atoms with Crippen molar-refractivity contribution in [2.75, 3.05) is 0 Å². The first-order valence-corrected chi connectivity index (χ1v) is 14.6. The van der Waals surface area contributed by atoms with E-state index in [0.29, 0.717) is 12.8 Å². The fourth-order valence-corrected chi connectivity index (χ4v) is 6.40. The van der Waals surface area contributed by atoms with Crippen LogP contribution in [0.3, 0.4) is 0 Å². The first-order chi connectivity index (χ1) is 17.9. The van der Waals surface area contributed by atoms with Gasteiger partial charge in [-0.1, -0.05) is 76.1 Å². The molecular weight excluding hydrogens is 456 g/mol. The van der Waals surface area contributed by atoms with Crippen LogP contribution in [-0.2, 0) is 28.9 Å². The molecule has 0 spiro atoms. The van der Waals surface area contributed by atoms with Gasteiger partial charge in [-0.2, -0.15) is 0 Å². The highest BCUT2D eigenvalue weighted by Gasteiger charge is 2.33. The minimum absolute atomic E-state index is 0.0341. The minimum atomic E-state index is -0.0769. The van der Waals surface area contributed by atoms with E-state index in [1.807, 2.05) is 6.92 Å². The Balaban J connectivity index is 1.64. The summed E-state index contributed by atoms with van der Waals surface area (Å²) in [6.07, 6.45) is 10.00. The van der Waals surface area contributed by atoms with Gasteiger partial charge in [0.15, 0.2) is 5.78 Å². The molecule has 0 aromatic heterocycles. The van der Waals surface area contributed by atoms with Gasteiger partial charge in [-0.15, -0.1) is 0 Å². The van der Waals surface area contributed by atoms with Crippen LogP contribution >= 0.6 is 0 Å². The van der Waals surface area contributed by atoms with Crippen molar-refractivity contribution in [3.63, 3.8) is 0 Å². The van der Waals surface area contributed by atoms with Gasteiger partial charge >= 0.3 is 0 Å². The second kappa shape index (κ2) is 14.4. The molecule has 0 N–H and O–H groups in total. The maximum Gasteiger partial charge on any atom is 0.163 e. The summed E-state index contributed by atoms with van der Waals surface area (Å²) >= 11 is 0. The molecule has 200 valence electrons. The van der Waals surface area contributed by atoms with E-state index in [1.54, 1.807) is 0 Å². The molecule has 0 saturated heterocycles. The van der Waals surface area contributed by atoms with Crippen LogP contribution in [0.2, 0.25) is 0 Å². The normalized spacial score (nSPS) is 16.8. The van der Waals surface area contributed by atoms with Crippen molar-refractivity contribution >= 4 is 17.3 Å². The summed E-state index contributed by atoms with van der Waals surface area (Å²) in [6.45, 7) is 8.17. The maximum absolute atomic E-state index is 13.4. The molecule has 3 nitrogen and oxygen atoms in total. The second-order valence-corrected chi connectivity index (χ2v) is 11.1. The zero-order chi connectivity index (χ0) is 26.8. The highest BCUT2D eigenvalue weighted by Crippen LogP contribution is 2.37. The largest absolute Gasteiger partial charge is 0.299 e. The van der Waals surface area contributed by atoms with Crippen molar-refractivity contribution in [1.29, 1.82) is 0 Å².